The molecule has 15 heteroatoms. The highest BCUT2D eigenvalue weighted by Crippen LogP contribution is 2.43. The molecule has 0 radical (unpaired) electrons. The zero-order valence-electron chi connectivity index (χ0n) is 22.0. The van der Waals surface area contributed by atoms with Crippen LogP contribution in [0.4, 0.5) is 29.7 Å². The number of ether oxygens (including phenoxy) is 1. The average molecular weight is 606 g/mol. The van der Waals surface area contributed by atoms with Gasteiger partial charge in [0.2, 0.25) is 11.8 Å². The fourth-order valence-corrected chi connectivity index (χ4v) is 5.54. The number of hydrogen-bond acceptors (Lipinski definition) is 6. The molecule has 42 heavy (non-hydrogen) atoms. The number of nitrogens with zero attached hydrogens (tertiary/aromatic N) is 2. The lowest BCUT2D eigenvalue weighted by atomic mass is 9.83. The van der Waals surface area contributed by atoms with E-state index in [4.69, 9.17) is 21.4 Å². The molecule has 3 aliphatic heterocycles. The third-order valence-electron chi connectivity index (χ3n) is 7.34. The highest BCUT2D eigenvalue weighted by atomic mass is 35.5. The maximum Gasteiger partial charge on any atom is 0.412 e. The first kappa shape index (κ1) is 29.0. The first-order valence-electron chi connectivity index (χ1n) is 13.0. The van der Waals surface area contributed by atoms with Crippen LogP contribution in [0.25, 0.3) is 0 Å². The van der Waals surface area contributed by atoms with Crippen molar-refractivity contribution < 1.29 is 42.6 Å². The molecule has 1 spiro atoms. The Morgan fingerprint density at radius 3 is 2.45 bits per heavy atom. The summed E-state index contributed by atoms with van der Waals surface area (Å²) in [6, 6.07) is 8.78. The van der Waals surface area contributed by atoms with E-state index in [9.17, 15) is 32.8 Å². The van der Waals surface area contributed by atoms with Gasteiger partial charge in [-0.3, -0.25) is 25.0 Å². The molecule has 0 saturated carbocycles. The van der Waals surface area contributed by atoms with E-state index in [1.54, 1.807) is 18.2 Å². The number of rotatable bonds is 6. The van der Waals surface area contributed by atoms with Crippen molar-refractivity contribution in [2.45, 2.75) is 36.8 Å². The summed E-state index contributed by atoms with van der Waals surface area (Å²) in [5.41, 5.74) is 0.0848. The number of likely N-dealkylation sites (tertiary alicyclic amines) is 2. The number of alkyl halides is 2. The summed E-state index contributed by atoms with van der Waals surface area (Å²) in [7, 11) is 0. The lowest BCUT2D eigenvalue weighted by Gasteiger charge is -2.46. The van der Waals surface area contributed by atoms with Gasteiger partial charge in [0, 0.05) is 28.4 Å². The zero-order valence-corrected chi connectivity index (χ0v) is 22.7. The third kappa shape index (κ3) is 6.08. The first-order valence-corrected chi connectivity index (χ1v) is 13.4. The summed E-state index contributed by atoms with van der Waals surface area (Å²) in [5.74, 6) is -5.16. The topological polar surface area (TPSA) is 157 Å². The molecule has 2 aromatic carbocycles. The molecular formula is C27H26ClF2N5O7. The number of carbonyl (C=O) groups excluding carboxylic acids is 4. The summed E-state index contributed by atoms with van der Waals surface area (Å²) in [5, 5.41) is 16.5. The molecule has 0 aliphatic carbocycles. The number of carboxylic acid groups (broad SMARTS) is 1. The highest BCUT2D eigenvalue weighted by molar-refractivity contribution is 6.30. The number of amides is 5. The first-order chi connectivity index (χ1) is 19.8. The van der Waals surface area contributed by atoms with E-state index < -0.39 is 67.0 Å². The standard InChI is InChI=1S/C27H26ClF2N5O7/c28-16-4-7-19-18(10-16)26(42-25(41)33-19)8-1-9-34(12-26)23(38)20(11-21(36)35-13-27(29,30)14-35)32-22(37)15-2-5-17(6-3-15)31-24(39)40/h2-7,10,20,31H,1,8-9,11-14H2,(H,32,37)(H,33,41)(H,39,40)/t20-,26-/m0/s1. The molecule has 12 nitrogen and oxygen atoms in total. The van der Waals surface area contributed by atoms with Gasteiger partial charge in [0.05, 0.1) is 31.7 Å². The number of benzene rings is 2. The summed E-state index contributed by atoms with van der Waals surface area (Å²) in [4.78, 5) is 65.3. The lowest BCUT2D eigenvalue weighted by Crippen LogP contribution is -2.61. The van der Waals surface area contributed by atoms with Crippen molar-refractivity contribution in [3.05, 3.63) is 58.6 Å². The van der Waals surface area contributed by atoms with Crippen LogP contribution >= 0.6 is 11.6 Å². The van der Waals surface area contributed by atoms with Crippen LogP contribution < -0.4 is 16.0 Å². The predicted molar refractivity (Wildman–Crippen MR) is 145 cm³/mol. The fraction of sp³-hybridized carbons (Fsp3) is 0.370. The SMILES string of the molecule is O=C(O)Nc1ccc(C(=O)N[C@@H](CC(=O)N2CC(F)(F)C2)C(=O)N2CCC[C@@]3(C2)OC(=O)Nc2ccc(Cl)cc23)cc1. The number of fused-ring (bicyclic) bond motifs is 2. The minimum atomic E-state index is -3.02. The van der Waals surface area contributed by atoms with E-state index in [0.717, 1.165) is 4.90 Å². The number of hydrogen-bond donors (Lipinski definition) is 4. The molecule has 0 unspecified atom stereocenters. The second-order valence-electron chi connectivity index (χ2n) is 10.4. The van der Waals surface area contributed by atoms with Crippen molar-refractivity contribution in [3.63, 3.8) is 0 Å². The van der Waals surface area contributed by atoms with Gasteiger partial charge in [0.15, 0.2) is 5.60 Å². The van der Waals surface area contributed by atoms with Crippen LogP contribution in [0.5, 0.6) is 0 Å². The number of anilines is 2. The maximum absolute atomic E-state index is 13.9. The van der Waals surface area contributed by atoms with Crippen LogP contribution in [-0.2, 0) is 19.9 Å². The molecule has 3 aliphatic rings. The van der Waals surface area contributed by atoms with Gasteiger partial charge in [-0.1, -0.05) is 11.6 Å². The van der Waals surface area contributed by atoms with Crippen LogP contribution in [0.2, 0.25) is 5.02 Å². The molecule has 0 aromatic heterocycles. The van der Waals surface area contributed by atoms with Gasteiger partial charge in [-0.2, -0.15) is 0 Å². The molecule has 4 N–H and O–H groups in total. The molecule has 0 bridgehead atoms. The number of nitrogens with one attached hydrogen (secondary N) is 3. The van der Waals surface area contributed by atoms with Crippen molar-refractivity contribution in [2.75, 3.05) is 36.8 Å². The lowest BCUT2D eigenvalue weighted by molar-refractivity contribution is -0.167. The van der Waals surface area contributed by atoms with Crippen LogP contribution in [0.3, 0.4) is 0 Å². The number of halogens is 3. The number of piperidine rings is 1. The van der Waals surface area contributed by atoms with E-state index in [0.29, 0.717) is 29.1 Å². The molecule has 222 valence electrons. The van der Waals surface area contributed by atoms with Crippen LogP contribution in [-0.4, -0.2) is 83.0 Å². The van der Waals surface area contributed by atoms with Crippen molar-refractivity contribution in [1.82, 2.24) is 15.1 Å². The predicted octanol–water partition coefficient (Wildman–Crippen LogP) is 3.48. The molecule has 5 rings (SSSR count). The summed E-state index contributed by atoms with van der Waals surface area (Å²) in [6.45, 7) is -1.44. The van der Waals surface area contributed by atoms with Crippen LogP contribution in [0, 0.1) is 0 Å². The Balaban J connectivity index is 1.38. The molecule has 2 aromatic rings. The fourth-order valence-electron chi connectivity index (χ4n) is 5.37. The molecule has 2 fully saturated rings. The maximum atomic E-state index is 13.9. The zero-order chi connectivity index (χ0) is 30.2. The van der Waals surface area contributed by atoms with Crippen LogP contribution in [0.15, 0.2) is 42.5 Å². The summed E-state index contributed by atoms with van der Waals surface area (Å²) < 4.78 is 32.6. The Hall–Kier alpha value is -4.46. The average Bonchev–Trinajstić information content (AvgIpc) is 2.91. The quantitative estimate of drug-likeness (QED) is 0.393. The second kappa shape index (κ2) is 11.1. The van der Waals surface area contributed by atoms with E-state index >= 15 is 0 Å². The minimum Gasteiger partial charge on any atom is -0.465 e. The largest absolute Gasteiger partial charge is 0.465 e. The molecular weight excluding hydrogens is 580 g/mol. The van der Waals surface area contributed by atoms with Gasteiger partial charge in [-0.25, -0.2) is 18.4 Å². The van der Waals surface area contributed by atoms with Crippen molar-refractivity contribution in [3.8, 4) is 0 Å². The Kier molecular flexibility index (Phi) is 7.66. The van der Waals surface area contributed by atoms with E-state index in [1.165, 1.54) is 29.2 Å². The van der Waals surface area contributed by atoms with Gasteiger partial charge in [-0.05, 0) is 55.3 Å². The van der Waals surface area contributed by atoms with Gasteiger partial charge in [-0.15, -0.1) is 0 Å². The van der Waals surface area contributed by atoms with Gasteiger partial charge < -0.3 is 25.0 Å². The third-order valence-corrected chi connectivity index (χ3v) is 7.58. The molecule has 3 heterocycles. The van der Waals surface area contributed by atoms with E-state index in [-0.39, 0.29) is 24.3 Å². The minimum absolute atomic E-state index is 0.0673. The normalized spacial score (nSPS) is 21.3. The van der Waals surface area contributed by atoms with Crippen molar-refractivity contribution >= 4 is 52.9 Å². The van der Waals surface area contributed by atoms with Gasteiger partial charge in [0.25, 0.3) is 11.8 Å². The second-order valence-corrected chi connectivity index (χ2v) is 10.8. The van der Waals surface area contributed by atoms with Crippen molar-refractivity contribution in [2.24, 2.45) is 0 Å². The summed E-state index contributed by atoms with van der Waals surface area (Å²) in [6.07, 6.45) is -1.79. The van der Waals surface area contributed by atoms with Crippen LogP contribution in [0.1, 0.15) is 35.2 Å². The molecule has 5 amide bonds. The molecule has 2 saturated heterocycles. The van der Waals surface area contributed by atoms with Gasteiger partial charge >= 0.3 is 12.2 Å². The number of carbonyl (C=O) groups is 5. The Bertz CT molecular complexity index is 1450. The Labute approximate surface area is 242 Å². The van der Waals surface area contributed by atoms with Gasteiger partial charge in [0.1, 0.15) is 6.04 Å². The van der Waals surface area contributed by atoms with E-state index in [2.05, 4.69) is 16.0 Å². The highest BCUT2D eigenvalue weighted by Gasteiger charge is 2.49. The van der Waals surface area contributed by atoms with E-state index in [1.807, 2.05) is 0 Å². The smallest absolute Gasteiger partial charge is 0.412 e. The Morgan fingerprint density at radius 1 is 1.07 bits per heavy atom. The monoisotopic (exact) mass is 605 g/mol. The molecule has 2 atom stereocenters. The Morgan fingerprint density at radius 2 is 1.79 bits per heavy atom. The summed E-state index contributed by atoms with van der Waals surface area (Å²) >= 11 is 6.22. The van der Waals surface area contributed by atoms with Crippen molar-refractivity contribution in [1.29, 1.82) is 0 Å².